The van der Waals surface area contributed by atoms with Crippen molar-refractivity contribution in [3.63, 3.8) is 0 Å². The molecule has 4 atom stereocenters. The molecule has 1 aromatic rings. The van der Waals surface area contributed by atoms with E-state index in [-0.39, 0.29) is 11.7 Å². The molecule has 120 valence electrons. The molecule has 1 saturated carbocycles. The summed E-state index contributed by atoms with van der Waals surface area (Å²) in [5.74, 6) is 2.56. The van der Waals surface area contributed by atoms with E-state index < -0.39 is 0 Å². The van der Waals surface area contributed by atoms with Gasteiger partial charge >= 0.3 is 0 Å². The fourth-order valence-electron chi connectivity index (χ4n) is 3.77. The van der Waals surface area contributed by atoms with E-state index in [4.69, 9.17) is 0 Å². The smallest absolute Gasteiger partial charge is 0.193 e. The predicted octanol–water partition coefficient (Wildman–Crippen LogP) is 3.23. The van der Waals surface area contributed by atoms with E-state index in [1.165, 1.54) is 6.42 Å². The van der Waals surface area contributed by atoms with Crippen LogP contribution < -0.4 is 5.32 Å². The Hall–Kier alpha value is -1.58. The maximum absolute atomic E-state index is 13.9. The van der Waals surface area contributed by atoms with Crippen molar-refractivity contribution in [3.8, 4) is 0 Å². The lowest BCUT2D eigenvalue weighted by Gasteiger charge is -2.37. The highest BCUT2D eigenvalue weighted by molar-refractivity contribution is 5.81. The summed E-state index contributed by atoms with van der Waals surface area (Å²) in [4.78, 5) is 6.81. The van der Waals surface area contributed by atoms with Gasteiger partial charge in [-0.2, -0.15) is 0 Å². The Balaban J connectivity index is 1.62. The van der Waals surface area contributed by atoms with Crippen molar-refractivity contribution < 1.29 is 4.39 Å². The van der Waals surface area contributed by atoms with Crippen molar-refractivity contribution in [2.75, 3.05) is 20.1 Å². The van der Waals surface area contributed by atoms with Gasteiger partial charge in [-0.15, -0.1) is 0 Å². The number of nitrogens with zero attached hydrogens (tertiary/aromatic N) is 2. The molecule has 3 rings (SSSR count). The molecule has 0 aromatic heterocycles. The van der Waals surface area contributed by atoms with E-state index in [1.807, 2.05) is 19.2 Å². The first-order valence-corrected chi connectivity index (χ1v) is 8.31. The van der Waals surface area contributed by atoms with Crippen LogP contribution in [0.1, 0.15) is 38.2 Å². The Morgan fingerprint density at radius 1 is 1.18 bits per heavy atom. The molecule has 0 bridgehead atoms. The van der Waals surface area contributed by atoms with Crippen molar-refractivity contribution in [1.29, 1.82) is 0 Å². The van der Waals surface area contributed by atoms with Crippen LogP contribution in [0.25, 0.3) is 0 Å². The van der Waals surface area contributed by atoms with Crippen LogP contribution in [0.5, 0.6) is 0 Å². The number of hydrogen-bond acceptors (Lipinski definition) is 1. The highest BCUT2D eigenvalue weighted by Gasteiger charge is 2.41. The van der Waals surface area contributed by atoms with Crippen LogP contribution in [0.2, 0.25) is 0 Å². The first kappa shape index (κ1) is 15.3. The highest BCUT2D eigenvalue weighted by atomic mass is 19.1. The third kappa shape index (κ3) is 3.26. The summed E-state index contributed by atoms with van der Waals surface area (Å²) in [7, 11) is 1.84. The van der Waals surface area contributed by atoms with Gasteiger partial charge in [-0.25, -0.2) is 4.39 Å². The minimum atomic E-state index is -0.0907. The molecule has 22 heavy (non-hydrogen) atoms. The lowest BCUT2D eigenvalue weighted by molar-refractivity contribution is 0.208. The summed E-state index contributed by atoms with van der Waals surface area (Å²) >= 11 is 0. The van der Waals surface area contributed by atoms with Crippen LogP contribution in [-0.4, -0.2) is 37.0 Å². The monoisotopic (exact) mass is 303 g/mol. The van der Waals surface area contributed by atoms with Gasteiger partial charge in [-0.1, -0.05) is 32.0 Å². The van der Waals surface area contributed by atoms with Gasteiger partial charge in [-0.05, 0) is 36.3 Å². The standard InChI is InChI=1S/C18H26FN3/c1-12-8-13(2)11-22(10-12)18(20-3)21-17-9-15(17)14-6-4-5-7-16(14)19/h4-7,12-13,15,17H,8-11H2,1-3H3,(H,20,21). The molecule has 1 heterocycles. The maximum Gasteiger partial charge on any atom is 0.193 e. The van der Waals surface area contributed by atoms with Gasteiger partial charge in [-0.3, -0.25) is 4.99 Å². The summed E-state index contributed by atoms with van der Waals surface area (Å²) < 4.78 is 13.9. The second kappa shape index (κ2) is 6.27. The Morgan fingerprint density at radius 3 is 2.50 bits per heavy atom. The molecule has 2 aliphatic rings. The van der Waals surface area contributed by atoms with E-state index in [2.05, 4.69) is 29.1 Å². The lowest BCUT2D eigenvalue weighted by atomic mass is 9.92. The summed E-state index contributed by atoms with van der Waals surface area (Å²) in [5.41, 5.74) is 0.829. The summed E-state index contributed by atoms with van der Waals surface area (Å²) in [6, 6.07) is 7.42. The first-order valence-electron chi connectivity index (χ1n) is 8.31. The second-order valence-corrected chi connectivity index (χ2v) is 7.01. The molecule has 1 N–H and O–H groups in total. The van der Waals surface area contributed by atoms with E-state index in [9.17, 15) is 4.39 Å². The molecule has 4 heteroatoms. The van der Waals surface area contributed by atoms with E-state index in [1.54, 1.807) is 12.1 Å². The number of nitrogens with one attached hydrogen (secondary N) is 1. The van der Waals surface area contributed by atoms with E-state index in [0.717, 1.165) is 31.0 Å². The molecule has 1 aromatic carbocycles. The summed E-state index contributed by atoms with van der Waals surface area (Å²) in [6.07, 6.45) is 2.27. The number of benzene rings is 1. The fourth-order valence-corrected chi connectivity index (χ4v) is 3.77. The minimum Gasteiger partial charge on any atom is -0.353 e. The number of aliphatic imine (C=N–C) groups is 1. The molecule has 0 amide bonds. The van der Waals surface area contributed by atoms with Gasteiger partial charge in [0.25, 0.3) is 0 Å². The number of hydrogen-bond donors (Lipinski definition) is 1. The van der Waals surface area contributed by atoms with Gasteiger partial charge < -0.3 is 10.2 Å². The van der Waals surface area contributed by atoms with Crippen molar-refractivity contribution in [3.05, 3.63) is 35.6 Å². The Morgan fingerprint density at radius 2 is 1.86 bits per heavy atom. The van der Waals surface area contributed by atoms with E-state index >= 15 is 0 Å². The molecule has 2 fully saturated rings. The van der Waals surface area contributed by atoms with Crippen molar-refractivity contribution in [2.24, 2.45) is 16.8 Å². The predicted molar refractivity (Wildman–Crippen MR) is 88.6 cm³/mol. The van der Waals surface area contributed by atoms with Crippen LogP contribution in [0.4, 0.5) is 4.39 Å². The van der Waals surface area contributed by atoms with Crippen LogP contribution in [0, 0.1) is 17.7 Å². The third-order valence-corrected chi connectivity index (χ3v) is 4.79. The second-order valence-electron chi connectivity index (χ2n) is 7.01. The molecule has 1 saturated heterocycles. The summed E-state index contributed by atoms with van der Waals surface area (Å²) in [6.45, 7) is 6.71. The number of halogens is 1. The van der Waals surface area contributed by atoms with Crippen LogP contribution in [-0.2, 0) is 0 Å². The lowest BCUT2D eigenvalue weighted by Crippen LogP contribution is -2.49. The SMILES string of the molecule is CN=C(NC1CC1c1ccccc1F)N1CC(C)CC(C)C1. The van der Waals surface area contributed by atoms with Crippen molar-refractivity contribution in [1.82, 2.24) is 10.2 Å². The van der Waals surface area contributed by atoms with Gasteiger partial charge in [0.05, 0.1) is 0 Å². The molecular formula is C18H26FN3. The molecule has 4 unspecified atom stereocenters. The Bertz CT molecular complexity index is 547. The fraction of sp³-hybridized carbons (Fsp3) is 0.611. The maximum atomic E-state index is 13.9. The summed E-state index contributed by atoms with van der Waals surface area (Å²) in [5, 5.41) is 3.54. The third-order valence-electron chi connectivity index (χ3n) is 4.79. The van der Waals surface area contributed by atoms with Crippen molar-refractivity contribution in [2.45, 2.75) is 38.6 Å². The van der Waals surface area contributed by atoms with Gasteiger partial charge in [0.2, 0.25) is 0 Å². The largest absolute Gasteiger partial charge is 0.353 e. The molecule has 1 aliphatic heterocycles. The van der Waals surface area contributed by atoms with Crippen LogP contribution in [0.3, 0.4) is 0 Å². The van der Waals surface area contributed by atoms with Crippen LogP contribution in [0.15, 0.2) is 29.3 Å². The zero-order valence-corrected chi connectivity index (χ0v) is 13.7. The highest BCUT2D eigenvalue weighted by Crippen LogP contribution is 2.42. The zero-order valence-electron chi connectivity index (χ0n) is 13.7. The van der Waals surface area contributed by atoms with Gasteiger partial charge in [0.1, 0.15) is 5.82 Å². The minimum absolute atomic E-state index is 0.0907. The topological polar surface area (TPSA) is 27.6 Å². The molecule has 0 radical (unpaired) electrons. The Kier molecular flexibility index (Phi) is 4.37. The number of guanidine groups is 1. The average Bonchev–Trinajstić information content (AvgIpc) is 3.23. The van der Waals surface area contributed by atoms with Gasteiger partial charge in [0, 0.05) is 32.1 Å². The molecule has 1 aliphatic carbocycles. The molecule has 3 nitrogen and oxygen atoms in total. The van der Waals surface area contributed by atoms with Crippen LogP contribution >= 0.6 is 0 Å². The van der Waals surface area contributed by atoms with Gasteiger partial charge in [0.15, 0.2) is 5.96 Å². The van der Waals surface area contributed by atoms with Crippen molar-refractivity contribution >= 4 is 5.96 Å². The number of likely N-dealkylation sites (tertiary alicyclic amines) is 1. The molecule has 0 spiro atoms. The Labute approximate surface area is 132 Å². The quantitative estimate of drug-likeness (QED) is 0.671. The van der Waals surface area contributed by atoms with E-state index in [0.29, 0.717) is 17.9 Å². The number of rotatable bonds is 2. The average molecular weight is 303 g/mol. The first-order chi connectivity index (χ1) is 10.6. The normalized spacial score (nSPS) is 32.0. The number of piperidine rings is 1. The molecular weight excluding hydrogens is 277 g/mol. The zero-order chi connectivity index (χ0) is 15.7.